The van der Waals surface area contributed by atoms with E-state index >= 15 is 0 Å². The molecule has 0 fully saturated rings. The lowest BCUT2D eigenvalue weighted by molar-refractivity contribution is 0.280. The second kappa shape index (κ2) is 4.92. The number of aryl methyl sites for hydroxylation is 1. The molecule has 0 amide bonds. The predicted molar refractivity (Wildman–Crippen MR) is 67.8 cm³/mol. The van der Waals surface area contributed by atoms with E-state index in [-0.39, 0.29) is 6.61 Å². The van der Waals surface area contributed by atoms with Crippen molar-refractivity contribution in [3.8, 4) is 0 Å². The van der Waals surface area contributed by atoms with E-state index < -0.39 is 0 Å². The second-order valence-corrected chi connectivity index (χ2v) is 6.58. The zero-order valence-corrected chi connectivity index (χ0v) is 10.9. The van der Waals surface area contributed by atoms with Crippen molar-refractivity contribution < 1.29 is 5.11 Å². The van der Waals surface area contributed by atoms with E-state index in [1.165, 1.54) is 32.6 Å². The first-order valence-corrected chi connectivity index (χ1v) is 6.83. The van der Waals surface area contributed by atoms with Crippen LogP contribution in [0, 0.1) is 2.88 Å². The summed E-state index contributed by atoms with van der Waals surface area (Å²) >= 11 is 4.30. The molecule has 0 bridgehead atoms. The van der Waals surface area contributed by atoms with Crippen molar-refractivity contribution in [2.75, 3.05) is 13.2 Å². The number of aliphatic hydroxyl groups is 1. The molecule has 2 rings (SSSR count). The van der Waals surface area contributed by atoms with E-state index in [9.17, 15) is 0 Å². The summed E-state index contributed by atoms with van der Waals surface area (Å²) in [6.07, 6.45) is 3.72. The van der Waals surface area contributed by atoms with Crippen molar-refractivity contribution >= 4 is 33.9 Å². The van der Waals surface area contributed by atoms with Crippen molar-refractivity contribution in [1.29, 1.82) is 0 Å². The molecule has 4 heteroatoms. The summed E-state index contributed by atoms with van der Waals surface area (Å²) in [5.41, 5.74) is 1.47. The molecule has 1 unspecified atom stereocenters. The fourth-order valence-corrected chi connectivity index (χ4v) is 4.09. The zero-order chi connectivity index (χ0) is 9.97. The Morgan fingerprint density at radius 2 is 2.50 bits per heavy atom. The molecule has 1 heterocycles. The summed E-state index contributed by atoms with van der Waals surface area (Å²) < 4.78 is 1.38. The van der Waals surface area contributed by atoms with Crippen LogP contribution in [0.15, 0.2) is 6.07 Å². The Kier molecular flexibility index (Phi) is 3.81. The highest BCUT2D eigenvalue weighted by atomic mass is 127. The van der Waals surface area contributed by atoms with Crippen molar-refractivity contribution in [2.24, 2.45) is 0 Å². The average Bonchev–Trinajstić information content (AvgIpc) is 2.55. The van der Waals surface area contributed by atoms with E-state index in [0.717, 1.165) is 0 Å². The fraction of sp³-hybridized carbons (Fsp3) is 0.600. The summed E-state index contributed by atoms with van der Waals surface area (Å²) in [5.74, 6) is 0. The first-order valence-electron chi connectivity index (χ1n) is 4.93. The third kappa shape index (κ3) is 2.29. The maximum absolute atomic E-state index is 8.79. The van der Waals surface area contributed by atoms with Crippen LogP contribution in [-0.2, 0) is 6.42 Å². The van der Waals surface area contributed by atoms with Gasteiger partial charge in [0.1, 0.15) is 0 Å². The van der Waals surface area contributed by atoms with Crippen LogP contribution in [0.5, 0.6) is 0 Å². The predicted octanol–water partition coefficient (Wildman–Crippen LogP) is 2.31. The minimum Gasteiger partial charge on any atom is -0.395 e. The molecule has 1 aliphatic carbocycles. The quantitative estimate of drug-likeness (QED) is 0.837. The highest BCUT2D eigenvalue weighted by Gasteiger charge is 2.21. The highest BCUT2D eigenvalue weighted by molar-refractivity contribution is 14.1. The molecule has 0 saturated carbocycles. The third-order valence-corrected chi connectivity index (χ3v) is 4.56. The van der Waals surface area contributed by atoms with Gasteiger partial charge in [0, 0.05) is 17.5 Å². The monoisotopic (exact) mass is 323 g/mol. The molecule has 1 aliphatic rings. The van der Waals surface area contributed by atoms with Crippen LogP contribution >= 0.6 is 33.9 Å². The van der Waals surface area contributed by atoms with Crippen molar-refractivity contribution in [3.63, 3.8) is 0 Å². The van der Waals surface area contributed by atoms with Gasteiger partial charge in [0.05, 0.1) is 9.49 Å². The SMILES string of the molecule is OCCNC1CCCc2sc(I)cc21. The van der Waals surface area contributed by atoms with Crippen LogP contribution in [0.4, 0.5) is 0 Å². The van der Waals surface area contributed by atoms with Gasteiger partial charge in [-0.15, -0.1) is 11.3 Å². The largest absolute Gasteiger partial charge is 0.395 e. The molecule has 1 aromatic heterocycles. The Hall–Kier alpha value is 0.350. The molecule has 78 valence electrons. The number of fused-ring (bicyclic) bond motifs is 1. The Morgan fingerprint density at radius 1 is 1.64 bits per heavy atom. The first-order chi connectivity index (χ1) is 6.81. The third-order valence-electron chi connectivity index (χ3n) is 2.59. The minimum absolute atomic E-state index is 0.229. The lowest BCUT2D eigenvalue weighted by Crippen LogP contribution is -2.26. The molecule has 1 aromatic rings. The number of thiophene rings is 1. The van der Waals surface area contributed by atoms with Crippen LogP contribution in [0.1, 0.15) is 29.3 Å². The number of hydrogen-bond acceptors (Lipinski definition) is 3. The molecule has 2 nitrogen and oxygen atoms in total. The molecule has 0 aliphatic heterocycles. The van der Waals surface area contributed by atoms with E-state index in [1.807, 2.05) is 11.3 Å². The van der Waals surface area contributed by atoms with Gasteiger partial charge in [-0.05, 0) is 53.5 Å². The summed E-state index contributed by atoms with van der Waals surface area (Å²) in [5, 5.41) is 12.2. The van der Waals surface area contributed by atoms with Crippen molar-refractivity contribution in [3.05, 3.63) is 19.4 Å². The van der Waals surface area contributed by atoms with Gasteiger partial charge in [-0.25, -0.2) is 0 Å². The Labute approximate surface area is 102 Å². The summed E-state index contributed by atoms with van der Waals surface area (Å²) in [4.78, 5) is 1.54. The molecule has 2 N–H and O–H groups in total. The second-order valence-electron chi connectivity index (χ2n) is 3.55. The molecule has 1 atom stereocenters. The van der Waals surface area contributed by atoms with Crippen LogP contribution in [0.3, 0.4) is 0 Å². The van der Waals surface area contributed by atoms with Gasteiger partial charge in [0.25, 0.3) is 0 Å². The van der Waals surface area contributed by atoms with Crippen LogP contribution in [0.25, 0.3) is 0 Å². The van der Waals surface area contributed by atoms with E-state index in [0.29, 0.717) is 12.6 Å². The normalized spacial score (nSPS) is 20.9. The number of hydrogen-bond donors (Lipinski definition) is 2. The van der Waals surface area contributed by atoms with Crippen molar-refractivity contribution in [2.45, 2.75) is 25.3 Å². The molecule has 0 spiro atoms. The van der Waals surface area contributed by atoms with Gasteiger partial charge in [0.15, 0.2) is 0 Å². The summed E-state index contributed by atoms with van der Waals surface area (Å²) in [7, 11) is 0. The lowest BCUT2D eigenvalue weighted by Gasteiger charge is -2.23. The average molecular weight is 323 g/mol. The molecule has 0 radical (unpaired) electrons. The molecule has 0 aromatic carbocycles. The number of halogens is 1. The summed E-state index contributed by atoms with van der Waals surface area (Å²) in [6.45, 7) is 0.934. The topological polar surface area (TPSA) is 32.3 Å². The lowest BCUT2D eigenvalue weighted by atomic mass is 9.94. The van der Waals surface area contributed by atoms with Gasteiger partial charge in [-0.2, -0.15) is 0 Å². The number of rotatable bonds is 3. The summed E-state index contributed by atoms with van der Waals surface area (Å²) in [6, 6.07) is 2.76. The zero-order valence-electron chi connectivity index (χ0n) is 7.92. The smallest absolute Gasteiger partial charge is 0.0659 e. The molecule has 14 heavy (non-hydrogen) atoms. The first kappa shape index (κ1) is 10.9. The van der Waals surface area contributed by atoms with Crippen molar-refractivity contribution in [1.82, 2.24) is 5.32 Å². The van der Waals surface area contributed by atoms with Gasteiger partial charge >= 0.3 is 0 Å². The minimum atomic E-state index is 0.229. The van der Waals surface area contributed by atoms with Gasteiger partial charge in [0.2, 0.25) is 0 Å². The van der Waals surface area contributed by atoms with E-state index in [2.05, 4.69) is 34.0 Å². The maximum Gasteiger partial charge on any atom is 0.0659 e. The standard InChI is InChI=1S/C10H14INOS/c11-10-6-7-8(12-4-5-13)2-1-3-9(7)14-10/h6,8,12-13H,1-5H2. The molecular weight excluding hydrogens is 309 g/mol. The highest BCUT2D eigenvalue weighted by Crippen LogP contribution is 2.36. The van der Waals surface area contributed by atoms with Gasteiger partial charge < -0.3 is 10.4 Å². The Balaban J connectivity index is 2.13. The van der Waals surface area contributed by atoms with Crippen LogP contribution in [0.2, 0.25) is 0 Å². The Morgan fingerprint density at radius 3 is 3.29 bits per heavy atom. The number of nitrogens with one attached hydrogen (secondary N) is 1. The maximum atomic E-state index is 8.79. The van der Waals surface area contributed by atoms with Gasteiger partial charge in [-0.1, -0.05) is 0 Å². The molecular formula is C10H14INOS. The van der Waals surface area contributed by atoms with E-state index in [1.54, 1.807) is 0 Å². The van der Waals surface area contributed by atoms with Gasteiger partial charge in [-0.3, -0.25) is 0 Å². The van der Waals surface area contributed by atoms with Crippen LogP contribution in [-0.4, -0.2) is 18.3 Å². The number of aliphatic hydroxyl groups excluding tert-OH is 1. The van der Waals surface area contributed by atoms with E-state index in [4.69, 9.17) is 5.11 Å². The van der Waals surface area contributed by atoms with Crippen LogP contribution < -0.4 is 5.32 Å². The molecule has 0 saturated heterocycles. The Bertz CT molecular complexity index is 313. The fourth-order valence-electron chi connectivity index (χ4n) is 1.97.